The van der Waals surface area contributed by atoms with Crippen molar-refractivity contribution in [1.29, 1.82) is 0 Å². The van der Waals surface area contributed by atoms with Gasteiger partial charge in [-0.25, -0.2) is 9.97 Å². The SMILES string of the molecule is Cc1nc(N2CCOc3ccc(-c4ccc(N)c([N+](=O)[O-])c4)cc3C2)c2ccccc2n1. The molecule has 2 heterocycles. The van der Waals surface area contributed by atoms with Crippen molar-refractivity contribution >= 4 is 28.1 Å². The van der Waals surface area contributed by atoms with E-state index in [1.807, 2.05) is 49.4 Å². The summed E-state index contributed by atoms with van der Waals surface area (Å²) in [5.41, 5.74) is 9.29. The van der Waals surface area contributed by atoms with Gasteiger partial charge in [-0.2, -0.15) is 0 Å². The number of benzene rings is 3. The van der Waals surface area contributed by atoms with Crippen molar-refractivity contribution < 1.29 is 9.66 Å². The minimum Gasteiger partial charge on any atom is -0.491 e. The number of nitro benzene ring substituents is 1. The van der Waals surface area contributed by atoms with Crippen LogP contribution in [0.4, 0.5) is 17.2 Å². The number of anilines is 2. The molecule has 0 bridgehead atoms. The van der Waals surface area contributed by atoms with Crippen LogP contribution in [0, 0.1) is 17.0 Å². The van der Waals surface area contributed by atoms with Crippen LogP contribution in [0.3, 0.4) is 0 Å². The number of nitrogens with zero attached hydrogens (tertiary/aromatic N) is 4. The second kappa shape index (κ2) is 7.81. The molecule has 0 saturated carbocycles. The molecule has 1 aliphatic rings. The lowest BCUT2D eigenvalue weighted by Crippen LogP contribution is -2.26. The fourth-order valence-electron chi connectivity index (χ4n) is 4.05. The average molecular weight is 427 g/mol. The Balaban J connectivity index is 1.55. The largest absolute Gasteiger partial charge is 0.491 e. The zero-order chi connectivity index (χ0) is 22.2. The van der Waals surface area contributed by atoms with Crippen LogP contribution >= 0.6 is 0 Å². The molecule has 2 N–H and O–H groups in total. The number of nitrogen functional groups attached to an aromatic ring is 1. The first-order valence-electron chi connectivity index (χ1n) is 10.3. The number of fused-ring (bicyclic) bond motifs is 2. The molecule has 0 radical (unpaired) electrons. The van der Waals surface area contributed by atoms with Gasteiger partial charge in [-0.3, -0.25) is 10.1 Å². The molecule has 5 rings (SSSR count). The van der Waals surface area contributed by atoms with E-state index in [-0.39, 0.29) is 11.4 Å². The molecule has 32 heavy (non-hydrogen) atoms. The molecule has 160 valence electrons. The molecule has 0 fully saturated rings. The predicted molar refractivity (Wildman–Crippen MR) is 124 cm³/mol. The van der Waals surface area contributed by atoms with Crippen LogP contribution < -0.4 is 15.4 Å². The molecule has 1 aliphatic heterocycles. The maximum Gasteiger partial charge on any atom is 0.292 e. The summed E-state index contributed by atoms with van der Waals surface area (Å²) in [7, 11) is 0. The van der Waals surface area contributed by atoms with Crippen molar-refractivity contribution in [1.82, 2.24) is 9.97 Å². The van der Waals surface area contributed by atoms with Gasteiger partial charge in [-0.15, -0.1) is 0 Å². The first kappa shape index (κ1) is 19.7. The molecule has 0 spiro atoms. The smallest absolute Gasteiger partial charge is 0.292 e. The summed E-state index contributed by atoms with van der Waals surface area (Å²) in [4.78, 5) is 22.3. The van der Waals surface area contributed by atoms with E-state index >= 15 is 0 Å². The molecule has 0 aliphatic carbocycles. The lowest BCUT2D eigenvalue weighted by Gasteiger charge is -2.23. The molecule has 1 aromatic heterocycles. The summed E-state index contributed by atoms with van der Waals surface area (Å²) in [5.74, 6) is 2.39. The Hall–Kier alpha value is -4.20. The number of para-hydroxylation sites is 1. The minimum absolute atomic E-state index is 0.0988. The number of hydrogen-bond acceptors (Lipinski definition) is 7. The minimum atomic E-state index is -0.463. The lowest BCUT2D eigenvalue weighted by atomic mass is 10.0. The third-order valence-corrected chi connectivity index (χ3v) is 5.60. The van der Waals surface area contributed by atoms with Gasteiger partial charge >= 0.3 is 0 Å². The molecule has 0 saturated heterocycles. The third-order valence-electron chi connectivity index (χ3n) is 5.60. The first-order valence-corrected chi connectivity index (χ1v) is 10.3. The predicted octanol–water partition coefficient (Wildman–Crippen LogP) is 4.49. The number of hydrogen-bond donors (Lipinski definition) is 1. The van der Waals surface area contributed by atoms with Crippen LogP contribution in [-0.2, 0) is 6.54 Å². The Morgan fingerprint density at radius 2 is 1.84 bits per heavy atom. The van der Waals surface area contributed by atoms with Gasteiger partial charge in [0.05, 0.1) is 17.0 Å². The molecule has 3 aromatic carbocycles. The van der Waals surface area contributed by atoms with E-state index in [0.717, 1.165) is 39.2 Å². The molecule has 0 amide bonds. The summed E-state index contributed by atoms with van der Waals surface area (Å²) < 4.78 is 6.00. The second-order valence-corrected chi connectivity index (χ2v) is 7.73. The Morgan fingerprint density at radius 1 is 1.06 bits per heavy atom. The summed E-state index contributed by atoms with van der Waals surface area (Å²) >= 11 is 0. The Labute approximate surface area is 184 Å². The fraction of sp³-hybridized carbons (Fsp3) is 0.167. The van der Waals surface area contributed by atoms with E-state index < -0.39 is 4.92 Å². The maximum absolute atomic E-state index is 11.3. The van der Waals surface area contributed by atoms with Crippen LogP contribution in [0.5, 0.6) is 5.75 Å². The zero-order valence-electron chi connectivity index (χ0n) is 17.5. The van der Waals surface area contributed by atoms with Crippen molar-refractivity contribution in [2.24, 2.45) is 0 Å². The molecule has 0 unspecified atom stereocenters. The molecular weight excluding hydrogens is 406 g/mol. The standard InChI is InChI=1S/C24H21N5O3/c1-15-26-21-5-3-2-4-19(21)24(27-15)28-10-11-32-23-9-7-16(12-18(23)14-28)17-6-8-20(25)22(13-17)29(30)31/h2-9,12-13H,10-11,14,25H2,1H3. The zero-order valence-corrected chi connectivity index (χ0v) is 17.5. The van der Waals surface area contributed by atoms with Crippen molar-refractivity contribution in [3.8, 4) is 16.9 Å². The topological polar surface area (TPSA) is 107 Å². The molecule has 4 aromatic rings. The van der Waals surface area contributed by atoms with Gasteiger partial charge in [0.15, 0.2) is 0 Å². The van der Waals surface area contributed by atoms with E-state index in [1.165, 1.54) is 6.07 Å². The average Bonchev–Trinajstić information content (AvgIpc) is 3.00. The highest BCUT2D eigenvalue weighted by molar-refractivity contribution is 5.89. The van der Waals surface area contributed by atoms with Gasteiger partial charge < -0.3 is 15.4 Å². The van der Waals surface area contributed by atoms with E-state index in [4.69, 9.17) is 15.5 Å². The Morgan fingerprint density at radius 3 is 2.69 bits per heavy atom. The van der Waals surface area contributed by atoms with Crippen molar-refractivity contribution in [3.63, 3.8) is 0 Å². The summed E-state index contributed by atoms with van der Waals surface area (Å²) in [6.07, 6.45) is 0. The van der Waals surface area contributed by atoms with E-state index in [0.29, 0.717) is 25.5 Å². The lowest BCUT2D eigenvalue weighted by molar-refractivity contribution is -0.383. The molecule has 8 heteroatoms. The van der Waals surface area contributed by atoms with E-state index in [2.05, 4.69) is 9.88 Å². The fourth-order valence-corrected chi connectivity index (χ4v) is 4.05. The van der Waals surface area contributed by atoms with Gasteiger partial charge in [0.1, 0.15) is 29.7 Å². The summed E-state index contributed by atoms with van der Waals surface area (Å²) in [6, 6.07) is 18.7. The van der Waals surface area contributed by atoms with Gasteiger partial charge in [0.25, 0.3) is 5.69 Å². The van der Waals surface area contributed by atoms with E-state index in [9.17, 15) is 10.1 Å². The van der Waals surface area contributed by atoms with Crippen molar-refractivity contribution in [3.05, 3.63) is 82.2 Å². The number of aromatic nitrogens is 2. The highest BCUT2D eigenvalue weighted by Crippen LogP contribution is 2.34. The third kappa shape index (κ3) is 3.56. The molecular formula is C24H21N5O3. The maximum atomic E-state index is 11.3. The Kier molecular flexibility index (Phi) is 4.82. The van der Waals surface area contributed by atoms with Crippen molar-refractivity contribution in [2.75, 3.05) is 23.8 Å². The van der Waals surface area contributed by atoms with Crippen molar-refractivity contribution in [2.45, 2.75) is 13.5 Å². The number of aryl methyl sites for hydroxylation is 1. The van der Waals surface area contributed by atoms with E-state index in [1.54, 1.807) is 12.1 Å². The highest BCUT2D eigenvalue weighted by Gasteiger charge is 2.21. The molecule has 0 atom stereocenters. The summed E-state index contributed by atoms with van der Waals surface area (Å²) in [5, 5.41) is 12.3. The number of nitro groups is 1. The van der Waals surface area contributed by atoms with Gasteiger partial charge in [-0.1, -0.05) is 24.3 Å². The first-order chi connectivity index (χ1) is 15.5. The van der Waals surface area contributed by atoms with Crippen LogP contribution in [0.2, 0.25) is 0 Å². The van der Waals surface area contributed by atoms with Gasteiger partial charge in [0.2, 0.25) is 0 Å². The van der Waals surface area contributed by atoms with Crippen LogP contribution in [0.25, 0.3) is 22.0 Å². The van der Waals surface area contributed by atoms with Crippen LogP contribution in [-0.4, -0.2) is 28.0 Å². The van der Waals surface area contributed by atoms with Crippen LogP contribution in [0.1, 0.15) is 11.4 Å². The van der Waals surface area contributed by atoms with Gasteiger partial charge in [0, 0.05) is 23.6 Å². The second-order valence-electron chi connectivity index (χ2n) is 7.73. The highest BCUT2D eigenvalue weighted by atomic mass is 16.6. The number of nitrogens with two attached hydrogens (primary N) is 1. The number of ether oxygens (including phenoxy) is 1. The summed E-state index contributed by atoms with van der Waals surface area (Å²) in [6.45, 7) is 3.69. The van der Waals surface area contributed by atoms with Gasteiger partial charge in [-0.05, 0) is 48.4 Å². The Bertz CT molecular complexity index is 1360. The number of rotatable bonds is 3. The normalized spacial score (nSPS) is 13.3. The quantitative estimate of drug-likeness (QED) is 0.291. The van der Waals surface area contributed by atoms with Crippen LogP contribution in [0.15, 0.2) is 60.7 Å². The molecule has 8 nitrogen and oxygen atoms in total. The monoisotopic (exact) mass is 427 g/mol.